The number of carboxylic acid groups (broad SMARTS) is 1. The molecule has 3 aromatic rings. The van der Waals surface area contributed by atoms with E-state index in [-0.39, 0.29) is 17.3 Å². The molecule has 0 spiro atoms. The Morgan fingerprint density at radius 3 is 2.47 bits per heavy atom. The third kappa shape index (κ3) is 3.87. The topological polar surface area (TPSA) is 93.9 Å². The van der Waals surface area contributed by atoms with Gasteiger partial charge >= 0.3 is 12.1 Å². The molecule has 1 aromatic carbocycles. The van der Waals surface area contributed by atoms with Gasteiger partial charge in [-0.05, 0) is 41.7 Å². The number of aromatic nitrogens is 2. The number of carbonyl (C=O) groups excluding carboxylic acids is 1. The first-order chi connectivity index (χ1) is 16.1. The standard InChI is InChI=1S/C26H31N3O5/c1-7-15-13-18(24(30)34-6)23(33-5)27-21(15)16-8-9-19-17(12-16)14-20-22(26(2,3)4)29(25(31)32)11-10-28(19)20/h8-9,12-14,22H,7,10-11H2,1-6H3,(H,31,32). The zero-order valence-electron chi connectivity index (χ0n) is 20.5. The highest BCUT2D eigenvalue weighted by atomic mass is 16.5. The van der Waals surface area contributed by atoms with Crippen molar-refractivity contribution in [2.24, 2.45) is 5.41 Å². The van der Waals surface area contributed by atoms with Crippen molar-refractivity contribution in [3.63, 3.8) is 0 Å². The molecule has 0 radical (unpaired) electrons. The summed E-state index contributed by atoms with van der Waals surface area (Å²) >= 11 is 0. The molecular weight excluding hydrogens is 434 g/mol. The molecule has 4 rings (SSSR count). The molecule has 8 nitrogen and oxygen atoms in total. The Morgan fingerprint density at radius 2 is 1.88 bits per heavy atom. The van der Waals surface area contributed by atoms with Gasteiger partial charge in [0.05, 0.1) is 26.0 Å². The highest BCUT2D eigenvalue weighted by Gasteiger charge is 2.39. The maximum Gasteiger partial charge on any atom is 0.407 e. The number of pyridine rings is 1. The van der Waals surface area contributed by atoms with Gasteiger partial charge in [0.1, 0.15) is 5.56 Å². The number of fused-ring (bicyclic) bond motifs is 3. The van der Waals surface area contributed by atoms with Crippen molar-refractivity contribution in [2.75, 3.05) is 20.8 Å². The van der Waals surface area contributed by atoms with Crippen LogP contribution in [0.5, 0.6) is 5.88 Å². The molecule has 3 heterocycles. The van der Waals surface area contributed by atoms with Crippen molar-refractivity contribution in [1.29, 1.82) is 0 Å². The number of esters is 1. The smallest absolute Gasteiger partial charge is 0.407 e. The molecule has 0 aliphatic carbocycles. The number of amides is 1. The second-order valence-corrected chi connectivity index (χ2v) is 9.64. The van der Waals surface area contributed by atoms with Crippen LogP contribution >= 0.6 is 0 Å². The summed E-state index contributed by atoms with van der Waals surface area (Å²) in [5.74, 6) is -0.266. The van der Waals surface area contributed by atoms with Gasteiger partial charge in [0.15, 0.2) is 0 Å². The van der Waals surface area contributed by atoms with Crippen LogP contribution in [0, 0.1) is 5.41 Å². The molecule has 1 aliphatic heterocycles. The summed E-state index contributed by atoms with van der Waals surface area (Å²) in [6.45, 7) is 9.27. The van der Waals surface area contributed by atoms with E-state index in [0.717, 1.165) is 33.4 Å². The van der Waals surface area contributed by atoms with Crippen molar-refractivity contribution in [1.82, 2.24) is 14.5 Å². The van der Waals surface area contributed by atoms with Crippen molar-refractivity contribution in [3.8, 4) is 17.1 Å². The Kier molecular flexibility index (Phi) is 6.02. The van der Waals surface area contributed by atoms with Crippen LogP contribution in [0.2, 0.25) is 0 Å². The quantitative estimate of drug-likeness (QED) is 0.536. The molecule has 1 atom stereocenters. The molecule has 1 aliphatic rings. The van der Waals surface area contributed by atoms with E-state index in [0.29, 0.717) is 25.1 Å². The van der Waals surface area contributed by atoms with Gasteiger partial charge in [-0.3, -0.25) is 4.90 Å². The second kappa shape index (κ2) is 8.66. The first-order valence-electron chi connectivity index (χ1n) is 11.4. The summed E-state index contributed by atoms with van der Waals surface area (Å²) in [7, 11) is 2.82. The van der Waals surface area contributed by atoms with Crippen molar-refractivity contribution >= 4 is 23.0 Å². The SMILES string of the molecule is CCc1cc(C(=O)OC)c(OC)nc1-c1ccc2c(c1)cc1n2CCN(C(=O)O)C1C(C)(C)C. The average molecular weight is 466 g/mol. The predicted molar refractivity (Wildman–Crippen MR) is 129 cm³/mol. The lowest BCUT2D eigenvalue weighted by Crippen LogP contribution is -2.46. The van der Waals surface area contributed by atoms with Crippen LogP contribution in [-0.2, 0) is 17.7 Å². The van der Waals surface area contributed by atoms with Crippen LogP contribution < -0.4 is 4.74 Å². The normalized spacial score (nSPS) is 15.8. The highest BCUT2D eigenvalue weighted by Crippen LogP contribution is 2.43. The van der Waals surface area contributed by atoms with Gasteiger partial charge in [0, 0.05) is 35.2 Å². The third-order valence-electron chi connectivity index (χ3n) is 6.48. The van der Waals surface area contributed by atoms with Gasteiger partial charge in [-0.2, -0.15) is 0 Å². The minimum absolute atomic E-state index is 0.222. The van der Waals surface area contributed by atoms with Crippen LogP contribution in [0.1, 0.15) is 55.4 Å². The minimum atomic E-state index is -0.897. The Hall–Kier alpha value is -3.55. The number of aryl methyl sites for hydroxylation is 1. The summed E-state index contributed by atoms with van der Waals surface area (Å²) in [5, 5.41) is 10.8. The van der Waals surface area contributed by atoms with E-state index in [1.54, 1.807) is 11.0 Å². The van der Waals surface area contributed by atoms with E-state index in [1.807, 2.05) is 13.0 Å². The average Bonchev–Trinajstić information content (AvgIpc) is 3.18. The van der Waals surface area contributed by atoms with Crippen LogP contribution in [0.25, 0.3) is 22.2 Å². The Bertz CT molecular complexity index is 1270. The number of hydrogen-bond donors (Lipinski definition) is 1. The number of ether oxygens (including phenoxy) is 2. The van der Waals surface area contributed by atoms with Gasteiger partial charge in [0.25, 0.3) is 0 Å². The van der Waals surface area contributed by atoms with Crippen LogP contribution in [0.4, 0.5) is 4.79 Å². The summed E-state index contributed by atoms with van der Waals surface area (Å²) in [6, 6.07) is 9.77. The monoisotopic (exact) mass is 465 g/mol. The number of hydrogen-bond acceptors (Lipinski definition) is 5. The van der Waals surface area contributed by atoms with E-state index in [1.165, 1.54) is 14.2 Å². The summed E-state index contributed by atoms with van der Waals surface area (Å²) < 4.78 is 12.5. The molecule has 1 N–H and O–H groups in total. The predicted octanol–water partition coefficient (Wildman–Crippen LogP) is 5.14. The minimum Gasteiger partial charge on any atom is -0.480 e. The Balaban J connectivity index is 1.87. The Labute approximate surface area is 199 Å². The van der Waals surface area contributed by atoms with Crippen LogP contribution in [0.3, 0.4) is 0 Å². The molecule has 2 aromatic heterocycles. The van der Waals surface area contributed by atoms with Crippen LogP contribution in [-0.4, -0.2) is 52.4 Å². The lowest BCUT2D eigenvalue weighted by atomic mass is 9.82. The molecule has 0 saturated heterocycles. The molecule has 0 fully saturated rings. The van der Waals surface area contributed by atoms with Crippen molar-refractivity contribution < 1.29 is 24.2 Å². The van der Waals surface area contributed by atoms with E-state index in [2.05, 4.69) is 48.5 Å². The van der Waals surface area contributed by atoms with E-state index >= 15 is 0 Å². The zero-order chi connectivity index (χ0) is 24.8. The van der Waals surface area contributed by atoms with Gasteiger partial charge in [-0.25, -0.2) is 14.6 Å². The fraction of sp³-hybridized carbons (Fsp3) is 0.423. The largest absolute Gasteiger partial charge is 0.480 e. The number of benzene rings is 1. The lowest BCUT2D eigenvalue weighted by molar-refractivity contribution is 0.0595. The fourth-order valence-electron chi connectivity index (χ4n) is 5.00. The van der Waals surface area contributed by atoms with E-state index in [9.17, 15) is 14.7 Å². The molecule has 180 valence electrons. The number of carbonyl (C=O) groups is 2. The van der Waals surface area contributed by atoms with Crippen LogP contribution in [0.15, 0.2) is 30.3 Å². The molecule has 34 heavy (non-hydrogen) atoms. The second-order valence-electron chi connectivity index (χ2n) is 9.64. The van der Waals surface area contributed by atoms with Crippen molar-refractivity contribution in [2.45, 2.75) is 46.7 Å². The first kappa shape index (κ1) is 23.6. The molecule has 0 saturated carbocycles. The summed E-state index contributed by atoms with van der Waals surface area (Å²) in [6.07, 6.45) is -0.216. The lowest BCUT2D eigenvalue weighted by Gasteiger charge is -2.42. The fourth-order valence-corrected chi connectivity index (χ4v) is 5.00. The highest BCUT2D eigenvalue weighted by molar-refractivity contribution is 5.93. The number of methoxy groups -OCH3 is 2. The number of nitrogens with zero attached hydrogens (tertiary/aromatic N) is 3. The van der Waals surface area contributed by atoms with Gasteiger partial charge < -0.3 is 19.1 Å². The summed E-state index contributed by atoms with van der Waals surface area (Å²) in [4.78, 5) is 30.4. The third-order valence-corrected chi connectivity index (χ3v) is 6.48. The number of rotatable bonds is 4. The maximum atomic E-state index is 12.2. The van der Waals surface area contributed by atoms with Gasteiger partial charge in [0.2, 0.25) is 5.88 Å². The van der Waals surface area contributed by atoms with E-state index < -0.39 is 12.1 Å². The Morgan fingerprint density at radius 1 is 1.15 bits per heavy atom. The molecule has 1 amide bonds. The maximum absolute atomic E-state index is 12.2. The first-order valence-corrected chi connectivity index (χ1v) is 11.4. The van der Waals surface area contributed by atoms with E-state index in [4.69, 9.17) is 9.47 Å². The molecular formula is C26H31N3O5. The molecule has 8 heteroatoms. The summed E-state index contributed by atoms with van der Waals surface area (Å²) in [5.41, 5.74) is 4.66. The van der Waals surface area contributed by atoms with Gasteiger partial charge in [-0.1, -0.05) is 33.8 Å². The van der Waals surface area contributed by atoms with Crippen molar-refractivity contribution in [3.05, 3.63) is 47.2 Å². The zero-order valence-corrected chi connectivity index (χ0v) is 20.5. The molecule has 1 unspecified atom stereocenters. The van der Waals surface area contributed by atoms with Gasteiger partial charge in [-0.15, -0.1) is 0 Å². The molecule has 0 bridgehead atoms.